The van der Waals surface area contributed by atoms with Gasteiger partial charge in [-0.15, -0.1) is 0 Å². The molecule has 2 atom stereocenters. The molecule has 4 nitrogen and oxygen atoms in total. The Hall–Kier alpha value is -1.84. The third kappa shape index (κ3) is 2.69. The molecule has 0 radical (unpaired) electrons. The highest BCUT2D eigenvalue weighted by molar-refractivity contribution is 5.98. The summed E-state index contributed by atoms with van der Waals surface area (Å²) in [5.41, 5.74) is 1.51. The van der Waals surface area contributed by atoms with E-state index in [2.05, 4.69) is 6.92 Å². The zero-order valence-electron chi connectivity index (χ0n) is 12.0. The van der Waals surface area contributed by atoms with Gasteiger partial charge in [-0.3, -0.25) is 4.79 Å². The molecule has 0 bridgehead atoms. The van der Waals surface area contributed by atoms with Gasteiger partial charge in [-0.1, -0.05) is 31.5 Å². The molecule has 1 N–H and O–H groups in total. The van der Waals surface area contributed by atoms with E-state index in [4.69, 9.17) is 0 Å². The number of nitrogens with zero attached hydrogens (tertiary/aromatic N) is 1. The van der Waals surface area contributed by atoms with E-state index in [-0.39, 0.29) is 11.9 Å². The smallest absolute Gasteiger partial charge is 0.326 e. The first-order valence-electron chi connectivity index (χ1n) is 7.17. The van der Waals surface area contributed by atoms with E-state index in [1.54, 1.807) is 11.0 Å². The minimum Gasteiger partial charge on any atom is -0.480 e. The van der Waals surface area contributed by atoms with E-state index in [0.29, 0.717) is 12.0 Å². The predicted octanol–water partition coefficient (Wildman–Crippen LogP) is 2.85. The lowest BCUT2D eigenvalue weighted by Gasteiger charge is -2.28. The van der Waals surface area contributed by atoms with Crippen LogP contribution in [0, 0.1) is 6.92 Å². The highest BCUT2D eigenvalue weighted by Gasteiger charge is 2.40. The lowest BCUT2D eigenvalue weighted by atomic mass is 10.1. The van der Waals surface area contributed by atoms with E-state index in [1.165, 1.54) is 0 Å². The molecule has 108 valence electrons. The summed E-state index contributed by atoms with van der Waals surface area (Å²) in [6.07, 6.45) is 3.15. The van der Waals surface area contributed by atoms with Crippen LogP contribution < -0.4 is 0 Å². The molecule has 4 heteroatoms. The monoisotopic (exact) mass is 275 g/mol. The Morgan fingerprint density at radius 2 is 2.00 bits per heavy atom. The van der Waals surface area contributed by atoms with Gasteiger partial charge in [0.15, 0.2) is 0 Å². The van der Waals surface area contributed by atoms with Crippen molar-refractivity contribution in [2.45, 2.75) is 51.6 Å². The molecular formula is C16H21NO3. The Labute approximate surface area is 119 Å². The van der Waals surface area contributed by atoms with Gasteiger partial charge < -0.3 is 10.0 Å². The van der Waals surface area contributed by atoms with Crippen LogP contribution in [0.15, 0.2) is 24.3 Å². The van der Waals surface area contributed by atoms with E-state index in [9.17, 15) is 14.7 Å². The fourth-order valence-electron chi connectivity index (χ4n) is 3.00. The molecule has 1 heterocycles. The number of carbonyl (C=O) groups is 2. The quantitative estimate of drug-likeness (QED) is 0.919. The van der Waals surface area contributed by atoms with Crippen molar-refractivity contribution in [1.29, 1.82) is 0 Å². The first kappa shape index (κ1) is 14.6. The lowest BCUT2D eigenvalue weighted by Crippen LogP contribution is -2.45. The topological polar surface area (TPSA) is 57.6 Å². The highest BCUT2D eigenvalue weighted by atomic mass is 16.4. The van der Waals surface area contributed by atoms with Crippen LogP contribution in [-0.4, -0.2) is 34.0 Å². The van der Waals surface area contributed by atoms with Crippen molar-refractivity contribution in [3.63, 3.8) is 0 Å². The second-order valence-electron chi connectivity index (χ2n) is 5.40. The zero-order valence-corrected chi connectivity index (χ0v) is 12.0. The van der Waals surface area contributed by atoms with E-state index in [0.717, 1.165) is 24.8 Å². The van der Waals surface area contributed by atoms with Gasteiger partial charge in [0.05, 0.1) is 0 Å². The molecule has 0 saturated carbocycles. The van der Waals surface area contributed by atoms with Gasteiger partial charge in [0.25, 0.3) is 5.91 Å². The van der Waals surface area contributed by atoms with Crippen LogP contribution in [0.25, 0.3) is 0 Å². The summed E-state index contributed by atoms with van der Waals surface area (Å²) < 4.78 is 0. The van der Waals surface area contributed by atoms with Crippen molar-refractivity contribution in [3.8, 4) is 0 Å². The second kappa shape index (κ2) is 6.07. The molecule has 0 spiro atoms. The molecule has 1 saturated heterocycles. The van der Waals surface area contributed by atoms with Crippen molar-refractivity contribution in [2.75, 3.05) is 0 Å². The van der Waals surface area contributed by atoms with Crippen LogP contribution in [0.1, 0.15) is 48.5 Å². The minimum absolute atomic E-state index is 0.0493. The van der Waals surface area contributed by atoms with Gasteiger partial charge in [0.2, 0.25) is 0 Å². The Bertz CT molecular complexity index is 512. The summed E-state index contributed by atoms with van der Waals surface area (Å²) >= 11 is 0. The molecule has 0 aliphatic carbocycles. The Morgan fingerprint density at radius 1 is 1.30 bits per heavy atom. The molecule has 1 aromatic rings. The number of carboxylic acid groups (broad SMARTS) is 1. The van der Waals surface area contributed by atoms with E-state index < -0.39 is 12.0 Å². The number of carbonyl (C=O) groups excluding carboxylic acids is 1. The van der Waals surface area contributed by atoms with Crippen LogP contribution >= 0.6 is 0 Å². The van der Waals surface area contributed by atoms with Gasteiger partial charge in [0.1, 0.15) is 6.04 Å². The number of rotatable bonds is 4. The van der Waals surface area contributed by atoms with Crippen LogP contribution in [-0.2, 0) is 4.79 Å². The molecule has 1 aliphatic rings. The van der Waals surface area contributed by atoms with Crippen molar-refractivity contribution >= 4 is 11.9 Å². The minimum atomic E-state index is -0.898. The summed E-state index contributed by atoms with van der Waals surface area (Å²) in [5.74, 6) is -1.04. The number of amides is 1. The maximum absolute atomic E-state index is 12.7. The Morgan fingerprint density at radius 3 is 2.60 bits per heavy atom. The summed E-state index contributed by atoms with van der Waals surface area (Å²) in [7, 11) is 0. The number of carboxylic acids is 1. The number of likely N-dealkylation sites (tertiary alicyclic amines) is 1. The van der Waals surface area contributed by atoms with Crippen molar-refractivity contribution < 1.29 is 14.7 Å². The number of hydrogen-bond acceptors (Lipinski definition) is 2. The average molecular weight is 275 g/mol. The summed E-state index contributed by atoms with van der Waals surface area (Å²) in [6.45, 7) is 3.94. The molecule has 1 amide bonds. The SMILES string of the molecule is CCC[C@H]1CC[C@@H](C(=O)O)N1C(=O)c1ccccc1C. The third-order valence-electron chi connectivity index (χ3n) is 4.02. The van der Waals surface area contributed by atoms with Gasteiger partial charge in [0, 0.05) is 11.6 Å². The molecule has 0 aromatic heterocycles. The second-order valence-corrected chi connectivity index (χ2v) is 5.40. The number of hydrogen-bond donors (Lipinski definition) is 1. The summed E-state index contributed by atoms with van der Waals surface area (Å²) in [5, 5.41) is 9.34. The van der Waals surface area contributed by atoms with Gasteiger partial charge >= 0.3 is 5.97 Å². The molecule has 2 rings (SSSR count). The van der Waals surface area contributed by atoms with Crippen molar-refractivity contribution in [1.82, 2.24) is 4.90 Å². The zero-order chi connectivity index (χ0) is 14.7. The first-order chi connectivity index (χ1) is 9.56. The van der Waals surface area contributed by atoms with Crippen LogP contribution in [0.3, 0.4) is 0 Å². The summed E-state index contributed by atoms with van der Waals surface area (Å²) in [4.78, 5) is 25.7. The fraction of sp³-hybridized carbons (Fsp3) is 0.500. The maximum atomic E-state index is 12.7. The van der Waals surface area contributed by atoms with Gasteiger partial charge in [-0.25, -0.2) is 4.79 Å². The van der Waals surface area contributed by atoms with E-state index in [1.807, 2.05) is 25.1 Å². The van der Waals surface area contributed by atoms with Crippen LogP contribution in [0.5, 0.6) is 0 Å². The number of benzene rings is 1. The first-order valence-corrected chi connectivity index (χ1v) is 7.17. The van der Waals surface area contributed by atoms with Crippen molar-refractivity contribution in [3.05, 3.63) is 35.4 Å². The fourth-order valence-corrected chi connectivity index (χ4v) is 3.00. The van der Waals surface area contributed by atoms with Crippen LogP contribution in [0.2, 0.25) is 0 Å². The number of aliphatic carboxylic acids is 1. The average Bonchev–Trinajstić information content (AvgIpc) is 2.83. The molecule has 20 heavy (non-hydrogen) atoms. The molecule has 1 aliphatic heterocycles. The third-order valence-corrected chi connectivity index (χ3v) is 4.02. The van der Waals surface area contributed by atoms with E-state index >= 15 is 0 Å². The molecule has 1 fully saturated rings. The Kier molecular flexibility index (Phi) is 4.42. The Balaban J connectivity index is 2.32. The normalized spacial score (nSPS) is 22.0. The van der Waals surface area contributed by atoms with Gasteiger partial charge in [-0.2, -0.15) is 0 Å². The lowest BCUT2D eigenvalue weighted by molar-refractivity contribution is -0.141. The standard InChI is InChI=1S/C16H21NO3/c1-3-6-12-9-10-14(16(19)20)17(12)15(18)13-8-5-4-7-11(13)2/h4-5,7-8,12,14H,3,6,9-10H2,1-2H3,(H,19,20)/t12-,14-/m0/s1. The van der Waals surface area contributed by atoms with Crippen molar-refractivity contribution in [2.24, 2.45) is 0 Å². The maximum Gasteiger partial charge on any atom is 0.326 e. The van der Waals surface area contributed by atoms with Gasteiger partial charge in [-0.05, 0) is 37.8 Å². The molecule has 0 unspecified atom stereocenters. The predicted molar refractivity (Wildman–Crippen MR) is 76.7 cm³/mol. The van der Waals surface area contributed by atoms with Crippen LogP contribution in [0.4, 0.5) is 0 Å². The molecule has 1 aromatic carbocycles. The largest absolute Gasteiger partial charge is 0.480 e. The highest BCUT2D eigenvalue weighted by Crippen LogP contribution is 2.29. The molecular weight excluding hydrogens is 254 g/mol. The number of aryl methyl sites for hydroxylation is 1. The summed E-state index contributed by atoms with van der Waals surface area (Å²) in [6, 6.07) is 6.73.